The van der Waals surface area contributed by atoms with Crippen molar-refractivity contribution >= 4 is 12.0 Å². The fraction of sp³-hybridized carbons (Fsp3) is 0.556. The molecular formula is C18H28N2O6. The molecule has 1 N–H and O–H groups in total. The van der Waals surface area contributed by atoms with Crippen molar-refractivity contribution in [3.05, 3.63) is 29.8 Å². The molecule has 0 aliphatic rings. The van der Waals surface area contributed by atoms with Crippen LogP contribution in [0.5, 0.6) is 5.75 Å². The van der Waals surface area contributed by atoms with Gasteiger partial charge in [-0.25, -0.2) is 4.79 Å². The number of hydroxylamine groups is 1. The first-order valence-electron chi connectivity index (χ1n) is 8.35. The van der Waals surface area contributed by atoms with Crippen LogP contribution in [0.1, 0.15) is 33.3 Å². The number of methoxy groups -OCH3 is 1. The molecule has 8 heteroatoms. The molecule has 0 aliphatic heterocycles. The molecule has 0 aliphatic carbocycles. The van der Waals surface area contributed by atoms with Crippen molar-refractivity contribution in [2.75, 3.05) is 33.7 Å². The number of hydrogen-bond donors (Lipinski definition) is 1. The molecule has 0 bridgehead atoms. The third-order valence-corrected chi connectivity index (χ3v) is 2.81. The van der Waals surface area contributed by atoms with Crippen molar-refractivity contribution in [3.8, 4) is 5.75 Å². The van der Waals surface area contributed by atoms with Crippen molar-refractivity contribution in [1.29, 1.82) is 0 Å². The van der Waals surface area contributed by atoms with E-state index in [1.165, 1.54) is 0 Å². The summed E-state index contributed by atoms with van der Waals surface area (Å²) < 4.78 is 20.3. The first kappa shape index (κ1) is 21.7. The highest BCUT2D eigenvalue weighted by atomic mass is 16.8. The topological polar surface area (TPSA) is 87.6 Å². The minimum Gasteiger partial charge on any atom is -0.468 e. The van der Waals surface area contributed by atoms with E-state index in [1.54, 1.807) is 38.3 Å². The minimum absolute atomic E-state index is 0.135. The number of nitrogens with zero attached hydrogens (tertiary/aromatic N) is 1. The van der Waals surface area contributed by atoms with Gasteiger partial charge in [-0.3, -0.25) is 4.99 Å². The molecule has 146 valence electrons. The van der Waals surface area contributed by atoms with Crippen LogP contribution in [0.3, 0.4) is 0 Å². The van der Waals surface area contributed by atoms with Gasteiger partial charge in [0.15, 0.2) is 12.6 Å². The monoisotopic (exact) mass is 368 g/mol. The number of hydrogen-bond acceptors (Lipinski definition) is 7. The number of aliphatic imine (C=N–C) groups is 1. The molecule has 8 nitrogen and oxygen atoms in total. The largest absolute Gasteiger partial charge is 0.533 e. The molecule has 0 saturated heterocycles. The zero-order chi connectivity index (χ0) is 19.4. The minimum atomic E-state index is -0.817. The summed E-state index contributed by atoms with van der Waals surface area (Å²) in [6, 6.07) is 7.16. The van der Waals surface area contributed by atoms with Crippen LogP contribution in [0, 0.1) is 0 Å². The lowest BCUT2D eigenvalue weighted by Crippen LogP contribution is -2.31. The van der Waals surface area contributed by atoms with Gasteiger partial charge >= 0.3 is 6.16 Å². The van der Waals surface area contributed by atoms with E-state index in [4.69, 9.17) is 23.8 Å². The van der Waals surface area contributed by atoms with Crippen LogP contribution in [0.15, 0.2) is 29.3 Å². The van der Waals surface area contributed by atoms with Gasteiger partial charge in [0.25, 0.3) is 0 Å². The highest BCUT2D eigenvalue weighted by Crippen LogP contribution is 2.15. The van der Waals surface area contributed by atoms with E-state index in [1.807, 2.05) is 20.8 Å². The number of ether oxygens (including phenoxy) is 4. The van der Waals surface area contributed by atoms with Gasteiger partial charge in [0.05, 0.1) is 25.4 Å². The van der Waals surface area contributed by atoms with Gasteiger partial charge in [-0.15, -0.1) is 0 Å². The van der Waals surface area contributed by atoms with E-state index in [-0.39, 0.29) is 18.9 Å². The van der Waals surface area contributed by atoms with E-state index in [2.05, 4.69) is 10.5 Å². The Morgan fingerprint density at radius 1 is 1.15 bits per heavy atom. The Morgan fingerprint density at radius 2 is 1.85 bits per heavy atom. The Balaban J connectivity index is 2.71. The van der Waals surface area contributed by atoms with E-state index >= 15 is 0 Å². The van der Waals surface area contributed by atoms with E-state index in [0.29, 0.717) is 24.8 Å². The maximum absolute atomic E-state index is 11.4. The van der Waals surface area contributed by atoms with Gasteiger partial charge in [-0.1, -0.05) is 0 Å². The quantitative estimate of drug-likeness (QED) is 0.188. The van der Waals surface area contributed by atoms with E-state index in [9.17, 15) is 4.79 Å². The molecule has 0 atom stereocenters. The molecule has 1 aromatic rings. The van der Waals surface area contributed by atoms with Crippen LogP contribution in [0.25, 0.3) is 0 Å². The van der Waals surface area contributed by atoms with Gasteiger partial charge in [0.1, 0.15) is 5.75 Å². The average molecular weight is 368 g/mol. The number of rotatable bonds is 8. The van der Waals surface area contributed by atoms with Crippen molar-refractivity contribution in [1.82, 2.24) is 5.48 Å². The summed E-state index contributed by atoms with van der Waals surface area (Å²) in [6.07, 6.45) is -0.817. The van der Waals surface area contributed by atoms with Crippen LogP contribution in [0.2, 0.25) is 0 Å². The third kappa shape index (κ3) is 9.24. The van der Waals surface area contributed by atoms with Crippen molar-refractivity contribution in [2.45, 2.75) is 33.2 Å². The highest BCUT2D eigenvalue weighted by Gasteiger charge is 2.14. The molecule has 26 heavy (non-hydrogen) atoms. The van der Waals surface area contributed by atoms with Crippen molar-refractivity contribution < 1.29 is 28.6 Å². The van der Waals surface area contributed by atoms with Crippen LogP contribution in [-0.2, 0) is 19.0 Å². The standard InChI is InChI=1S/C18H28N2O6/c1-6-24-17(21)26-20-16(19-18(2,3)4)14-7-9-15(10-8-14)25-13-23-12-11-22-5/h7-10H,6,11-13H2,1-5H3,(H,19,20). The molecule has 0 saturated carbocycles. The third-order valence-electron chi connectivity index (χ3n) is 2.81. The fourth-order valence-corrected chi connectivity index (χ4v) is 1.74. The first-order chi connectivity index (χ1) is 12.4. The summed E-state index contributed by atoms with van der Waals surface area (Å²) in [5.74, 6) is 1.06. The van der Waals surface area contributed by atoms with Gasteiger partial charge < -0.3 is 23.8 Å². The Morgan fingerprint density at radius 3 is 2.42 bits per heavy atom. The second kappa shape index (κ2) is 11.3. The molecule has 0 fully saturated rings. The Kier molecular flexibility index (Phi) is 9.46. The first-order valence-corrected chi connectivity index (χ1v) is 8.35. The lowest BCUT2D eigenvalue weighted by Gasteiger charge is -2.17. The van der Waals surface area contributed by atoms with E-state index in [0.717, 1.165) is 5.56 Å². The summed E-state index contributed by atoms with van der Waals surface area (Å²) in [7, 11) is 1.61. The molecular weight excluding hydrogens is 340 g/mol. The number of carbonyl (C=O) groups is 1. The summed E-state index contributed by atoms with van der Waals surface area (Å²) >= 11 is 0. The van der Waals surface area contributed by atoms with Crippen LogP contribution in [-0.4, -0.2) is 51.3 Å². The summed E-state index contributed by atoms with van der Waals surface area (Å²) in [4.78, 5) is 20.8. The number of amidine groups is 1. The molecule has 0 unspecified atom stereocenters. The zero-order valence-corrected chi connectivity index (χ0v) is 16.0. The smallest absolute Gasteiger partial charge is 0.468 e. The molecule has 0 heterocycles. The zero-order valence-electron chi connectivity index (χ0n) is 16.0. The lowest BCUT2D eigenvalue weighted by molar-refractivity contribution is -0.00847. The Hall–Kier alpha value is -2.32. The second-order valence-electron chi connectivity index (χ2n) is 6.21. The molecule has 0 radical (unpaired) electrons. The highest BCUT2D eigenvalue weighted by molar-refractivity contribution is 5.98. The molecule has 1 rings (SSSR count). The number of carbonyl (C=O) groups excluding carboxylic acids is 1. The Labute approximate surface area is 154 Å². The van der Waals surface area contributed by atoms with Crippen LogP contribution >= 0.6 is 0 Å². The molecule has 0 aromatic heterocycles. The summed E-state index contributed by atoms with van der Waals surface area (Å²) in [6.45, 7) is 8.85. The SMILES string of the molecule is CCOC(=O)ONC(=NC(C)(C)C)c1ccc(OCOCCOC)cc1. The Bertz CT molecular complexity index is 566. The van der Waals surface area contributed by atoms with Gasteiger partial charge in [-0.05, 0) is 52.0 Å². The molecule has 0 amide bonds. The predicted octanol–water partition coefficient (Wildman–Crippen LogP) is 2.91. The van der Waals surface area contributed by atoms with Gasteiger partial charge in [0.2, 0.25) is 0 Å². The predicted molar refractivity (Wildman–Crippen MR) is 97.3 cm³/mol. The van der Waals surface area contributed by atoms with Gasteiger partial charge in [-0.2, -0.15) is 5.48 Å². The normalized spacial score (nSPS) is 11.8. The van der Waals surface area contributed by atoms with Crippen LogP contribution in [0.4, 0.5) is 4.79 Å². The fourth-order valence-electron chi connectivity index (χ4n) is 1.74. The molecule has 0 spiro atoms. The number of nitrogens with one attached hydrogen (secondary N) is 1. The maximum Gasteiger partial charge on any atom is 0.533 e. The van der Waals surface area contributed by atoms with E-state index < -0.39 is 6.16 Å². The average Bonchev–Trinajstić information content (AvgIpc) is 2.58. The summed E-state index contributed by atoms with van der Waals surface area (Å²) in [5, 5.41) is 0. The molecule has 1 aromatic carbocycles. The van der Waals surface area contributed by atoms with Crippen LogP contribution < -0.4 is 10.2 Å². The van der Waals surface area contributed by atoms with Crippen molar-refractivity contribution in [3.63, 3.8) is 0 Å². The number of benzene rings is 1. The van der Waals surface area contributed by atoms with Gasteiger partial charge in [0, 0.05) is 12.7 Å². The lowest BCUT2D eigenvalue weighted by atomic mass is 10.1. The second-order valence-corrected chi connectivity index (χ2v) is 6.21. The summed E-state index contributed by atoms with van der Waals surface area (Å²) in [5.41, 5.74) is 2.92. The van der Waals surface area contributed by atoms with Crippen molar-refractivity contribution in [2.24, 2.45) is 4.99 Å². The maximum atomic E-state index is 11.4.